The van der Waals surface area contributed by atoms with Gasteiger partial charge in [-0.05, 0) is 55.8 Å². The Bertz CT molecular complexity index is 1080. The molecule has 1 atom stereocenters. The summed E-state index contributed by atoms with van der Waals surface area (Å²) in [5, 5.41) is 3.36. The summed E-state index contributed by atoms with van der Waals surface area (Å²) >= 11 is 12.2. The monoisotopic (exact) mass is 503 g/mol. The molecule has 2 amide bonds. The number of carbonyl (C=O) groups is 2. The number of amides is 2. The van der Waals surface area contributed by atoms with Crippen LogP contribution in [0.2, 0.25) is 10.0 Å². The number of hydrogen-bond donors (Lipinski definition) is 1. The highest BCUT2D eigenvalue weighted by Gasteiger charge is 2.30. The molecule has 0 saturated carbocycles. The quantitative estimate of drug-likeness (QED) is 0.567. The van der Waals surface area contributed by atoms with Gasteiger partial charge in [0, 0.05) is 23.1 Å². The van der Waals surface area contributed by atoms with E-state index in [0.29, 0.717) is 22.2 Å². The van der Waals surface area contributed by atoms with Crippen LogP contribution in [0.3, 0.4) is 0 Å². The lowest BCUT2D eigenvalue weighted by Crippen LogP contribution is -2.51. The minimum atomic E-state index is -3.88. The number of likely N-dealkylation sites (N-methyl/N-ethyl adjacent to an activating group) is 1. The molecule has 0 radical (unpaired) electrons. The van der Waals surface area contributed by atoms with Crippen LogP contribution in [0.15, 0.2) is 42.5 Å². The fraction of sp³-hybridized carbons (Fsp3) is 0.333. The summed E-state index contributed by atoms with van der Waals surface area (Å²) in [5.41, 5.74) is 0.658. The van der Waals surface area contributed by atoms with E-state index in [0.717, 1.165) is 22.7 Å². The molecule has 11 heteroatoms. The van der Waals surface area contributed by atoms with Gasteiger partial charge in [-0.3, -0.25) is 13.9 Å². The van der Waals surface area contributed by atoms with Crippen molar-refractivity contribution in [3.63, 3.8) is 0 Å². The Kier molecular flexibility index (Phi) is 8.89. The van der Waals surface area contributed by atoms with Crippen LogP contribution >= 0.6 is 23.2 Å². The van der Waals surface area contributed by atoms with E-state index in [-0.39, 0.29) is 12.2 Å². The lowest BCUT2D eigenvalue weighted by atomic mass is 10.1. The van der Waals surface area contributed by atoms with E-state index in [1.807, 2.05) is 0 Å². The second kappa shape index (κ2) is 11.0. The molecule has 1 unspecified atom stereocenters. The van der Waals surface area contributed by atoms with E-state index in [9.17, 15) is 22.4 Å². The molecule has 0 aliphatic heterocycles. The summed E-state index contributed by atoms with van der Waals surface area (Å²) in [7, 11) is -3.88. The Morgan fingerprint density at radius 1 is 1.12 bits per heavy atom. The number of halogens is 3. The predicted octanol–water partition coefficient (Wildman–Crippen LogP) is 3.45. The number of sulfonamides is 1. The largest absolute Gasteiger partial charge is 0.355 e. The third-order valence-corrected chi connectivity index (χ3v) is 6.40. The first-order valence-electron chi connectivity index (χ1n) is 9.68. The van der Waals surface area contributed by atoms with Gasteiger partial charge in [0.15, 0.2) is 0 Å². The third kappa shape index (κ3) is 6.82. The zero-order valence-corrected chi connectivity index (χ0v) is 20.1. The molecule has 32 heavy (non-hydrogen) atoms. The summed E-state index contributed by atoms with van der Waals surface area (Å²) in [4.78, 5) is 27.0. The SMILES string of the molecule is CCNC(=O)C(C)N(Cc1ccc(Cl)cc1Cl)C(=O)CN(c1ccc(F)cc1)S(C)(=O)=O. The standard InChI is InChI=1S/C21H24Cl2FN3O4S/c1-4-25-21(29)14(2)26(12-15-5-6-16(22)11-19(15)23)20(28)13-27(32(3,30)31)18-9-7-17(24)8-10-18/h5-11,14H,4,12-13H2,1-3H3,(H,25,29). The van der Waals surface area contributed by atoms with Gasteiger partial charge in [-0.1, -0.05) is 29.3 Å². The smallest absolute Gasteiger partial charge is 0.244 e. The minimum Gasteiger partial charge on any atom is -0.355 e. The number of nitrogens with one attached hydrogen (secondary N) is 1. The van der Waals surface area contributed by atoms with E-state index in [4.69, 9.17) is 23.2 Å². The second-order valence-electron chi connectivity index (χ2n) is 7.07. The van der Waals surface area contributed by atoms with Gasteiger partial charge in [-0.2, -0.15) is 0 Å². The molecular weight excluding hydrogens is 480 g/mol. The Labute approximate surface area is 197 Å². The van der Waals surface area contributed by atoms with Crippen molar-refractivity contribution in [2.75, 3.05) is 23.7 Å². The maximum Gasteiger partial charge on any atom is 0.244 e. The average molecular weight is 504 g/mol. The maximum absolute atomic E-state index is 13.3. The lowest BCUT2D eigenvalue weighted by Gasteiger charge is -2.31. The Hall–Kier alpha value is -2.36. The van der Waals surface area contributed by atoms with Gasteiger partial charge in [0.2, 0.25) is 21.8 Å². The first kappa shape index (κ1) is 25.9. The van der Waals surface area contributed by atoms with Crippen LogP contribution in [-0.4, -0.2) is 50.5 Å². The molecule has 0 fully saturated rings. The van der Waals surface area contributed by atoms with Crippen LogP contribution < -0.4 is 9.62 Å². The van der Waals surface area contributed by atoms with E-state index in [1.165, 1.54) is 30.0 Å². The van der Waals surface area contributed by atoms with Crippen LogP contribution in [0.1, 0.15) is 19.4 Å². The number of nitrogens with zero attached hydrogens (tertiary/aromatic N) is 2. The zero-order chi connectivity index (χ0) is 24.1. The highest BCUT2D eigenvalue weighted by atomic mass is 35.5. The van der Waals surface area contributed by atoms with Crippen molar-refractivity contribution in [2.45, 2.75) is 26.4 Å². The Morgan fingerprint density at radius 2 is 1.75 bits per heavy atom. The number of carbonyl (C=O) groups excluding carboxylic acids is 2. The van der Waals surface area contributed by atoms with Gasteiger partial charge in [0.1, 0.15) is 18.4 Å². The summed E-state index contributed by atoms with van der Waals surface area (Å²) in [6.45, 7) is 3.01. The van der Waals surface area contributed by atoms with Gasteiger partial charge in [-0.25, -0.2) is 12.8 Å². The number of anilines is 1. The van der Waals surface area contributed by atoms with Crippen molar-refractivity contribution in [1.29, 1.82) is 0 Å². The summed E-state index contributed by atoms with van der Waals surface area (Å²) in [6, 6.07) is 8.55. The molecule has 2 rings (SSSR count). The third-order valence-electron chi connectivity index (χ3n) is 4.67. The first-order valence-corrected chi connectivity index (χ1v) is 12.3. The number of benzene rings is 2. The molecule has 0 saturated heterocycles. The van der Waals surface area contributed by atoms with E-state index in [2.05, 4.69) is 5.32 Å². The molecule has 7 nitrogen and oxygen atoms in total. The topological polar surface area (TPSA) is 86.8 Å². The van der Waals surface area contributed by atoms with Crippen LogP contribution in [0.4, 0.5) is 10.1 Å². The van der Waals surface area contributed by atoms with Gasteiger partial charge in [0.05, 0.1) is 11.9 Å². The van der Waals surface area contributed by atoms with Gasteiger partial charge < -0.3 is 10.2 Å². The lowest BCUT2D eigenvalue weighted by molar-refractivity contribution is -0.139. The van der Waals surface area contributed by atoms with Crippen LogP contribution in [0.25, 0.3) is 0 Å². The molecule has 0 spiro atoms. The fourth-order valence-corrected chi connectivity index (χ4v) is 4.28. The van der Waals surface area contributed by atoms with Crippen molar-refractivity contribution in [3.8, 4) is 0 Å². The van der Waals surface area contributed by atoms with Crippen LogP contribution in [0.5, 0.6) is 0 Å². The van der Waals surface area contributed by atoms with E-state index < -0.39 is 40.2 Å². The summed E-state index contributed by atoms with van der Waals surface area (Å²) in [6.07, 6.45) is 0.942. The van der Waals surface area contributed by atoms with Crippen LogP contribution in [0, 0.1) is 5.82 Å². The average Bonchev–Trinajstić information content (AvgIpc) is 2.71. The fourth-order valence-electron chi connectivity index (χ4n) is 2.96. The first-order chi connectivity index (χ1) is 14.9. The highest BCUT2D eigenvalue weighted by molar-refractivity contribution is 7.92. The molecule has 0 bridgehead atoms. The molecule has 2 aromatic carbocycles. The molecule has 0 aliphatic rings. The Morgan fingerprint density at radius 3 is 2.28 bits per heavy atom. The van der Waals surface area contributed by atoms with Gasteiger partial charge in [0.25, 0.3) is 0 Å². The van der Waals surface area contributed by atoms with E-state index >= 15 is 0 Å². The molecule has 0 aromatic heterocycles. The van der Waals surface area contributed by atoms with Crippen molar-refractivity contribution in [2.24, 2.45) is 0 Å². The highest BCUT2D eigenvalue weighted by Crippen LogP contribution is 2.24. The van der Waals surface area contributed by atoms with E-state index in [1.54, 1.807) is 19.1 Å². The van der Waals surface area contributed by atoms with Gasteiger partial charge in [-0.15, -0.1) is 0 Å². The van der Waals surface area contributed by atoms with Crippen molar-refractivity contribution < 1.29 is 22.4 Å². The molecule has 1 N–H and O–H groups in total. The summed E-state index contributed by atoms with van der Waals surface area (Å²) in [5.74, 6) is -1.58. The van der Waals surface area contributed by atoms with Crippen molar-refractivity contribution in [1.82, 2.24) is 10.2 Å². The summed E-state index contributed by atoms with van der Waals surface area (Å²) < 4.78 is 38.9. The molecule has 2 aromatic rings. The normalized spacial score (nSPS) is 12.2. The molecule has 174 valence electrons. The predicted molar refractivity (Wildman–Crippen MR) is 124 cm³/mol. The van der Waals surface area contributed by atoms with Crippen molar-refractivity contribution >= 4 is 50.7 Å². The molecule has 0 aliphatic carbocycles. The molecule has 0 heterocycles. The minimum absolute atomic E-state index is 0.0475. The maximum atomic E-state index is 13.3. The zero-order valence-electron chi connectivity index (χ0n) is 17.8. The number of hydrogen-bond acceptors (Lipinski definition) is 4. The van der Waals surface area contributed by atoms with Crippen molar-refractivity contribution in [3.05, 3.63) is 63.9 Å². The number of rotatable bonds is 9. The second-order valence-corrected chi connectivity index (χ2v) is 9.82. The van der Waals surface area contributed by atoms with Gasteiger partial charge >= 0.3 is 0 Å². The molecular formula is C21H24Cl2FN3O4S. The Balaban J connectivity index is 2.40. The van der Waals surface area contributed by atoms with Crippen LogP contribution in [-0.2, 0) is 26.2 Å².